The van der Waals surface area contributed by atoms with Crippen LogP contribution in [0.25, 0.3) is 0 Å². The Hall–Kier alpha value is -2.10. The third-order valence-electron chi connectivity index (χ3n) is 4.91. The van der Waals surface area contributed by atoms with Gasteiger partial charge in [0, 0.05) is 30.7 Å². The molecule has 0 radical (unpaired) electrons. The summed E-state index contributed by atoms with van der Waals surface area (Å²) in [5, 5.41) is 19.3. The molecule has 1 aromatic heterocycles. The molecule has 1 aliphatic heterocycles. The van der Waals surface area contributed by atoms with Crippen molar-refractivity contribution in [3.05, 3.63) is 34.0 Å². The number of carboxylic acids is 1. The van der Waals surface area contributed by atoms with Gasteiger partial charge >= 0.3 is 5.97 Å². The summed E-state index contributed by atoms with van der Waals surface area (Å²) < 4.78 is 0. The molecule has 28 heavy (non-hydrogen) atoms. The van der Waals surface area contributed by atoms with Crippen LogP contribution in [0.15, 0.2) is 24.3 Å². The lowest BCUT2D eigenvalue weighted by molar-refractivity contribution is -0.128. The molecule has 2 rings (SSSR count). The molecule has 1 fully saturated rings. The molecule has 0 saturated carbocycles. The van der Waals surface area contributed by atoms with Crippen molar-refractivity contribution in [2.45, 2.75) is 64.5 Å². The molecule has 1 amide bonds. The van der Waals surface area contributed by atoms with Gasteiger partial charge in [-0.25, -0.2) is 4.79 Å². The maximum absolute atomic E-state index is 12.2. The van der Waals surface area contributed by atoms with Gasteiger partial charge in [-0.3, -0.25) is 4.79 Å². The number of rotatable bonds is 9. The lowest BCUT2D eigenvalue weighted by Gasteiger charge is -2.23. The highest BCUT2D eigenvalue weighted by molar-refractivity contribution is 7.13. The summed E-state index contributed by atoms with van der Waals surface area (Å²) in [5.41, 5.74) is 0. The van der Waals surface area contributed by atoms with Crippen LogP contribution in [0.5, 0.6) is 0 Å². The van der Waals surface area contributed by atoms with Crippen LogP contribution in [-0.4, -0.2) is 45.7 Å². The van der Waals surface area contributed by atoms with Crippen molar-refractivity contribution in [2.24, 2.45) is 5.92 Å². The Bertz CT molecular complexity index is 758. The SMILES string of the molecule is CCC#CC[C@H](C)[C@H](O)C=C[C@H]1CCC(=O)N1CCCc1ccc(C(=O)O)s1. The van der Waals surface area contributed by atoms with Crippen molar-refractivity contribution < 1.29 is 19.8 Å². The minimum absolute atomic E-state index is 0.0222. The summed E-state index contributed by atoms with van der Waals surface area (Å²) in [7, 11) is 0. The molecule has 3 atom stereocenters. The number of carbonyl (C=O) groups is 2. The molecule has 2 N–H and O–H groups in total. The number of hydrogen-bond acceptors (Lipinski definition) is 4. The van der Waals surface area contributed by atoms with E-state index in [2.05, 4.69) is 11.8 Å². The first-order valence-corrected chi connectivity index (χ1v) is 10.7. The number of aliphatic hydroxyl groups is 1. The number of likely N-dealkylation sites (tertiary alicyclic amines) is 1. The maximum atomic E-state index is 12.2. The zero-order valence-corrected chi connectivity index (χ0v) is 17.4. The van der Waals surface area contributed by atoms with Crippen LogP contribution in [0.2, 0.25) is 0 Å². The summed E-state index contributed by atoms with van der Waals surface area (Å²) in [4.78, 5) is 26.4. The van der Waals surface area contributed by atoms with Crippen molar-refractivity contribution >= 4 is 23.2 Å². The van der Waals surface area contributed by atoms with Crippen molar-refractivity contribution in [3.63, 3.8) is 0 Å². The van der Waals surface area contributed by atoms with Gasteiger partial charge in [-0.15, -0.1) is 23.2 Å². The first kappa shape index (κ1) is 22.2. The number of carbonyl (C=O) groups excluding carboxylic acids is 1. The number of thiophene rings is 1. The predicted molar refractivity (Wildman–Crippen MR) is 111 cm³/mol. The maximum Gasteiger partial charge on any atom is 0.345 e. The number of nitrogens with zero attached hydrogens (tertiary/aromatic N) is 1. The average Bonchev–Trinajstić information content (AvgIpc) is 3.27. The first-order valence-electron chi connectivity index (χ1n) is 9.86. The molecule has 0 spiro atoms. The molecular weight excluding hydrogens is 374 g/mol. The van der Waals surface area contributed by atoms with Gasteiger partial charge in [0.2, 0.25) is 5.91 Å². The Morgan fingerprint density at radius 3 is 2.89 bits per heavy atom. The van der Waals surface area contributed by atoms with E-state index in [1.54, 1.807) is 12.1 Å². The predicted octanol–water partition coefficient (Wildman–Crippen LogP) is 3.73. The lowest BCUT2D eigenvalue weighted by atomic mass is 10.00. The van der Waals surface area contributed by atoms with Crippen LogP contribution >= 0.6 is 11.3 Å². The lowest BCUT2D eigenvalue weighted by Crippen LogP contribution is -2.33. The van der Waals surface area contributed by atoms with Gasteiger partial charge in [-0.2, -0.15) is 0 Å². The van der Waals surface area contributed by atoms with Crippen LogP contribution in [0, 0.1) is 17.8 Å². The van der Waals surface area contributed by atoms with Crippen molar-refractivity contribution in [1.29, 1.82) is 0 Å². The minimum Gasteiger partial charge on any atom is -0.477 e. The van der Waals surface area contributed by atoms with E-state index < -0.39 is 12.1 Å². The molecule has 0 bridgehead atoms. The van der Waals surface area contributed by atoms with Crippen LogP contribution in [-0.2, 0) is 11.2 Å². The molecule has 1 saturated heterocycles. The van der Waals surface area contributed by atoms with E-state index in [0.717, 1.165) is 30.6 Å². The highest BCUT2D eigenvalue weighted by Gasteiger charge is 2.28. The molecule has 0 aromatic carbocycles. The molecule has 5 nitrogen and oxygen atoms in total. The van der Waals surface area contributed by atoms with E-state index in [4.69, 9.17) is 5.11 Å². The monoisotopic (exact) mass is 403 g/mol. The van der Waals surface area contributed by atoms with Gasteiger partial charge in [-0.05, 0) is 37.3 Å². The Morgan fingerprint density at radius 1 is 1.43 bits per heavy atom. The molecule has 2 heterocycles. The summed E-state index contributed by atoms with van der Waals surface area (Å²) in [6.07, 6.45) is 7.52. The van der Waals surface area contributed by atoms with E-state index in [1.807, 2.05) is 30.9 Å². The zero-order valence-electron chi connectivity index (χ0n) is 16.6. The van der Waals surface area contributed by atoms with Crippen molar-refractivity contribution in [3.8, 4) is 11.8 Å². The van der Waals surface area contributed by atoms with Gasteiger partial charge < -0.3 is 15.1 Å². The molecule has 152 valence electrons. The zero-order chi connectivity index (χ0) is 20.5. The molecule has 0 unspecified atom stereocenters. The molecule has 1 aliphatic rings. The highest BCUT2D eigenvalue weighted by atomic mass is 32.1. The Morgan fingerprint density at radius 2 is 2.21 bits per heavy atom. The second kappa shape index (κ2) is 11.0. The van der Waals surface area contributed by atoms with Crippen molar-refractivity contribution in [2.75, 3.05) is 6.54 Å². The van der Waals surface area contributed by atoms with Crippen LogP contribution in [0.1, 0.15) is 60.5 Å². The fourth-order valence-corrected chi connectivity index (χ4v) is 4.10. The fourth-order valence-electron chi connectivity index (χ4n) is 3.21. The van der Waals surface area contributed by atoms with Gasteiger partial charge in [-0.1, -0.05) is 26.0 Å². The van der Waals surface area contributed by atoms with Crippen LogP contribution < -0.4 is 0 Å². The average molecular weight is 404 g/mol. The molecular formula is C22H29NO4S. The van der Waals surface area contributed by atoms with Gasteiger partial charge in [0.05, 0.1) is 12.1 Å². The van der Waals surface area contributed by atoms with Crippen LogP contribution in [0.4, 0.5) is 0 Å². The summed E-state index contributed by atoms with van der Waals surface area (Å²) >= 11 is 1.29. The van der Waals surface area contributed by atoms with E-state index in [1.165, 1.54) is 11.3 Å². The summed E-state index contributed by atoms with van der Waals surface area (Å²) in [5.74, 6) is 5.39. The number of aliphatic hydroxyl groups excluding tert-OH is 1. The largest absolute Gasteiger partial charge is 0.477 e. The third kappa shape index (κ3) is 6.50. The number of hydrogen-bond donors (Lipinski definition) is 2. The Balaban J connectivity index is 1.85. The Labute approximate surface area is 171 Å². The Kier molecular flexibility index (Phi) is 8.75. The number of aryl methyl sites for hydroxylation is 1. The molecule has 1 aromatic rings. The highest BCUT2D eigenvalue weighted by Crippen LogP contribution is 2.23. The third-order valence-corrected chi connectivity index (χ3v) is 6.04. The fraction of sp³-hybridized carbons (Fsp3) is 0.545. The standard InChI is InChI=1S/C22H29NO4S/c1-3-4-5-7-16(2)19(24)12-9-17-10-14-21(25)23(17)15-6-8-18-11-13-20(28-18)22(26)27/h9,11-13,16-17,19,24H,3,6-8,10,14-15H2,1-2H3,(H,26,27)/t16-,17-,19+/m0/s1. The smallest absolute Gasteiger partial charge is 0.345 e. The second-order valence-corrected chi connectivity index (χ2v) is 8.30. The van der Waals surface area contributed by atoms with Gasteiger partial charge in [0.25, 0.3) is 0 Å². The first-order chi connectivity index (χ1) is 13.4. The van der Waals surface area contributed by atoms with E-state index in [0.29, 0.717) is 24.3 Å². The number of amides is 1. The molecule has 6 heteroatoms. The molecule has 0 aliphatic carbocycles. The van der Waals surface area contributed by atoms with E-state index >= 15 is 0 Å². The summed E-state index contributed by atoms with van der Waals surface area (Å²) in [6.45, 7) is 4.62. The van der Waals surface area contributed by atoms with Crippen LogP contribution in [0.3, 0.4) is 0 Å². The van der Waals surface area contributed by atoms with E-state index in [9.17, 15) is 14.7 Å². The van der Waals surface area contributed by atoms with Crippen molar-refractivity contribution in [1.82, 2.24) is 4.90 Å². The van der Waals surface area contributed by atoms with Gasteiger partial charge in [0.1, 0.15) is 4.88 Å². The normalized spacial score (nSPS) is 18.9. The minimum atomic E-state index is -0.898. The number of carboxylic acid groups (broad SMARTS) is 1. The van der Waals surface area contributed by atoms with Gasteiger partial charge in [0.15, 0.2) is 0 Å². The van der Waals surface area contributed by atoms with E-state index in [-0.39, 0.29) is 17.9 Å². The quantitative estimate of drug-likeness (QED) is 0.486. The topological polar surface area (TPSA) is 77.8 Å². The number of aromatic carboxylic acids is 1. The summed E-state index contributed by atoms with van der Waals surface area (Å²) in [6, 6.07) is 3.49. The second-order valence-electron chi connectivity index (χ2n) is 7.13.